The summed E-state index contributed by atoms with van der Waals surface area (Å²) in [4.78, 5) is 0. The monoisotopic (exact) mass is 265 g/mol. The van der Waals surface area contributed by atoms with Crippen LogP contribution in [0.25, 0.3) is 0 Å². The molecule has 0 spiro atoms. The minimum atomic E-state index is 0.383. The molecule has 0 aliphatic heterocycles. The van der Waals surface area contributed by atoms with Crippen molar-refractivity contribution >= 4 is 0 Å². The summed E-state index contributed by atoms with van der Waals surface area (Å²) in [7, 11) is 0. The van der Waals surface area contributed by atoms with E-state index in [1.807, 2.05) is 0 Å². The van der Waals surface area contributed by atoms with E-state index in [-0.39, 0.29) is 0 Å². The molecule has 0 bridgehead atoms. The Morgan fingerprint density at radius 1 is 0.842 bits per heavy atom. The Hall–Kier alpha value is -0.0400. The van der Waals surface area contributed by atoms with E-state index in [9.17, 15) is 0 Å². The van der Waals surface area contributed by atoms with Gasteiger partial charge < -0.3 is 5.32 Å². The Kier molecular flexibility index (Phi) is 5.34. The van der Waals surface area contributed by atoms with Gasteiger partial charge in [0.25, 0.3) is 0 Å². The highest BCUT2D eigenvalue weighted by atomic mass is 15.0. The van der Waals surface area contributed by atoms with E-state index < -0.39 is 0 Å². The second kappa shape index (κ2) is 6.61. The molecule has 0 aromatic carbocycles. The van der Waals surface area contributed by atoms with E-state index in [1.54, 1.807) is 0 Å². The van der Waals surface area contributed by atoms with Crippen molar-refractivity contribution in [1.82, 2.24) is 5.32 Å². The van der Waals surface area contributed by atoms with Crippen molar-refractivity contribution in [3.8, 4) is 0 Å². The van der Waals surface area contributed by atoms with Crippen molar-refractivity contribution < 1.29 is 0 Å². The van der Waals surface area contributed by atoms with Gasteiger partial charge in [-0.05, 0) is 37.0 Å². The topological polar surface area (TPSA) is 12.0 Å². The van der Waals surface area contributed by atoms with Gasteiger partial charge in [0.05, 0.1) is 0 Å². The number of rotatable bonds is 3. The maximum absolute atomic E-state index is 4.01. The molecule has 0 amide bonds. The molecule has 3 unspecified atom stereocenters. The highest BCUT2D eigenvalue weighted by Crippen LogP contribution is 2.39. The molecular formula is C18H35N. The summed E-state index contributed by atoms with van der Waals surface area (Å²) in [6.45, 7) is 9.47. The van der Waals surface area contributed by atoms with Crippen LogP contribution in [0.1, 0.15) is 85.5 Å². The first kappa shape index (κ1) is 15.4. The van der Waals surface area contributed by atoms with Crippen LogP contribution in [0.15, 0.2) is 0 Å². The minimum absolute atomic E-state index is 0.383. The van der Waals surface area contributed by atoms with Gasteiger partial charge in [0.2, 0.25) is 0 Å². The van der Waals surface area contributed by atoms with Crippen LogP contribution < -0.4 is 5.32 Å². The Labute approximate surface area is 120 Å². The van der Waals surface area contributed by atoms with Crippen molar-refractivity contribution in [1.29, 1.82) is 0 Å². The molecule has 1 N–H and O–H groups in total. The van der Waals surface area contributed by atoms with E-state index in [0.717, 1.165) is 17.9 Å². The lowest BCUT2D eigenvalue weighted by Gasteiger charge is -2.42. The first-order valence-corrected chi connectivity index (χ1v) is 8.74. The molecule has 1 nitrogen and oxygen atoms in total. The third-order valence-electron chi connectivity index (χ3n) is 5.84. The average Bonchev–Trinajstić information content (AvgIpc) is 2.39. The molecule has 2 fully saturated rings. The average molecular weight is 265 g/mol. The van der Waals surface area contributed by atoms with Crippen molar-refractivity contribution in [3.05, 3.63) is 0 Å². The second-order valence-electron chi connectivity index (χ2n) is 8.21. The second-order valence-corrected chi connectivity index (χ2v) is 8.21. The maximum Gasteiger partial charge on any atom is 0.0101 e. The summed E-state index contributed by atoms with van der Waals surface area (Å²) >= 11 is 0. The minimum Gasteiger partial charge on any atom is -0.311 e. The van der Waals surface area contributed by atoms with Crippen LogP contribution in [0.3, 0.4) is 0 Å². The molecule has 0 saturated heterocycles. The van der Waals surface area contributed by atoms with E-state index >= 15 is 0 Å². The van der Waals surface area contributed by atoms with Crippen LogP contribution in [0.5, 0.6) is 0 Å². The molecule has 1 heteroatoms. The zero-order valence-electron chi connectivity index (χ0n) is 13.7. The van der Waals surface area contributed by atoms with E-state index in [1.165, 1.54) is 57.8 Å². The van der Waals surface area contributed by atoms with Gasteiger partial charge in [0.1, 0.15) is 0 Å². The fraction of sp³-hybridized carbons (Fsp3) is 1.00. The molecular weight excluding hydrogens is 230 g/mol. The molecule has 0 radical (unpaired) electrons. The predicted molar refractivity (Wildman–Crippen MR) is 84.4 cm³/mol. The van der Waals surface area contributed by atoms with Gasteiger partial charge in [0, 0.05) is 12.1 Å². The van der Waals surface area contributed by atoms with Gasteiger partial charge in [-0.2, -0.15) is 0 Å². The van der Waals surface area contributed by atoms with Gasteiger partial charge in [0.15, 0.2) is 0 Å². The number of hydrogen-bond donors (Lipinski definition) is 1. The first-order chi connectivity index (χ1) is 8.98. The fourth-order valence-corrected chi connectivity index (χ4v) is 4.06. The summed E-state index contributed by atoms with van der Waals surface area (Å²) in [6.07, 6.45) is 13.3. The van der Waals surface area contributed by atoms with E-state index in [4.69, 9.17) is 0 Å². The van der Waals surface area contributed by atoms with Crippen molar-refractivity contribution in [2.45, 2.75) is 97.6 Å². The normalized spacial score (nSPS) is 32.2. The Balaban J connectivity index is 1.95. The van der Waals surface area contributed by atoms with Gasteiger partial charge >= 0.3 is 0 Å². The van der Waals surface area contributed by atoms with E-state index in [2.05, 4.69) is 33.0 Å². The summed E-state index contributed by atoms with van der Waals surface area (Å²) in [5.74, 6) is 2.00. The van der Waals surface area contributed by atoms with Crippen molar-refractivity contribution in [2.75, 3.05) is 0 Å². The predicted octanol–water partition coefficient (Wildman–Crippen LogP) is 5.15. The van der Waals surface area contributed by atoms with Crippen LogP contribution in [-0.4, -0.2) is 12.1 Å². The van der Waals surface area contributed by atoms with Crippen LogP contribution in [-0.2, 0) is 0 Å². The van der Waals surface area contributed by atoms with Gasteiger partial charge in [-0.1, -0.05) is 65.7 Å². The highest BCUT2D eigenvalue weighted by molar-refractivity contribution is 4.90. The fourth-order valence-electron chi connectivity index (χ4n) is 4.06. The van der Waals surface area contributed by atoms with Gasteiger partial charge in [-0.15, -0.1) is 0 Å². The van der Waals surface area contributed by atoms with Crippen LogP contribution in [0.2, 0.25) is 0 Å². The quantitative estimate of drug-likeness (QED) is 0.744. The molecule has 2 rings (SSSR count). The lowest BCUT2D eigenvalue weighted by atomic mass is 9.70. The van der Waals surface area contributed by atoms with Crippen molar-refractivity contribution in [3.63, 3.8) is 0 Å². The van der Waals surface area contributed by atoms with Gasteiger partial charge in [-0.25, -0.2) is 0 Å². The lowest BCUT2D eigenvalue weighted by molar-refractivity contribution is 0.126. The molecule has 3 atom stereocenters. The Bertz CT molecular complexity index is 259. The number of hydrogen-bond acceptors (Lipinski definition) is 1. The molecule has 0 aromatic rings. The Morgan fingerprint density at radius 3 is 2.05 bits per heavy atom. The van der Waals surface area contributed by atoms with Crippen LogP contribution in [0.4, 0.5) is 0 Å². The van der Waals surface area contributed by atoms with E-state index in [0.29, 0.717) is 11.5 Å². The van der Waals surface area contributed by atoms with Gasteiger partial charge in [-0.3, -0.25) is 0 Å². The molecule has 2 saturated carbocycles. The zero-order valence-corrected chi connectivity index (χ0v) is 13.7. The highest BCUT2D eigenvalue weighted by Gasteiger charge is 2.34. The summed E-state index contributed by atoms with van der Waals surface area (Å²) in [5, 5.41) is 4.01. The molecule has 19 heavy (non-hydrogen) atoms. The third kappa shape index (κ3) is 4.21. The van der Waals surface area contributed by atoms with Crippen molar-refractivity contribution in [2.24, 2.45) is 17.3 Å². The Morgan fingerprint density at radius 2 is 1.42 bits per heavy atom. The smallest absolute Gasteiger partial charge is 0.0101 e. The summed E-state index contributed by atoms with van der Waals surface area (Å²) in [6, 6.07) is 1.42. The molecule has 2 aliphatic carbocycles. The maximum atomic E-state index is 4.01. The van der Waals surface area contributed by atoms with Crippen LogP contribution in [0, 0.1) is 17.3 Å². The molecule has 0 aromatic heterocycles. The summed E-state index contributed by atoms with van der Waals surface area (Å²) in [5.41, 5.74) is 0.383. The summed E-state index contributed by atoms with van der Waals surface area (Å²) < 4.78 is 0. The molecule has 2 aliphatic rings. The molecule has 0 heterocycles. The SMILES string of the molecule is CC(NC1CCCCC1C1CCCCC1)C(C)(C)C. The lowest BCUT2D eigenvalue weighted by Crippen LogP contribution is -2.50. The number of nitrogens with one attached hydrogen (secondary N) is 1. The largest absolute Gasteiger partial charge is 0.311 e. The first-order valence-electron chi connectivity index (χ1n) is 8.74. The third-order valence-corrected chi connectivity index (χ3v) is 5.84. The zero-order chi connectivity index (χ0) is 13.9. The standard InChI is InChI=1S/C18H35N/c1-14(18(2,3)4)19-17-13-9-8-12-16(17)15-10-6-5-7-11-15/h14-17,19H,5-13H2,1-4H3. The van der Waals surface area contributed by atoms with Crippen LogP contribution >= 0.6 is 0 Å². The molecule has 112 valence electrons.